The number of benzene rings is 1. The van der Waals surface area contributed by atoms with Gasteiger partial charge in [0.25, 0.3) is 0 Å². The van der Waals surface area contributed by atoms with E-state index in [9.17, 15) is 0 Å². The summed E-state index contributed by atoms with van der Waals surface area (Å²) in [7, 11) is 0. The molecule has 0 heterocycles. The Bertz CT molecular complexity index is 374. The Kier molecular flexibility index (Phi) is 4.60. The summed E-state index contributed by atoms with van der Waals surface area (Å²) in [5.41, 5.74) is 2.62. The van der Waals surface area contributed by atoms with Gasteiger partial charge >= 0.3 is 0 Å². The molecule has 0 aliphatic heterocycles. The molecule has 1 saturated carbocycles. The highest BCUT2D eigenvalue weighted by molar-refractivity contribution is 9.10. The van der Waals surface area contributed by atoms with E-state index in [1.54, 1.807) is 0 Å². The molecule has 94 valence electrons. The van der Waals surface area contributed by atoms with Crippen molar-refractivity contribution in [1.82, 2.24) is 10.6 Å². The number of hydrogen-bond donors (Lipinski definition) is 2. The van der Waals surface area contributed by atoms with Gasteiger partial charge in [-0.15, -0.1) is 0 Å². The summed E-state index contributed by atoms with van der Waals surface area (Å²) < 4.78 is 1.19. The topological polar surface area (TPSA) is 24.1 Å². The Hall–Kier alpha value is -0.380. The third-order valence-corrected chi connectivity index (χ3v) is 4.04. The predicted molar refractivity (Wildman–Crippen MR) is 76.2 cm³/mol. The minimum atomic E-state index is 0.524. The first-order valence-corrected chi connectivity index (χ1v) is 7.16. The van der Waals surface area contributed by atoms with Crippen molar-refractivity contribution < 1.29 is 0 Å². The molecule has 1 fully saturated rings. The number of halogens is 1. The second kappa shape index (κ2) is 5.98. The minimum absolute atomic E-state index is 0.524. The van der Waals surface area contributed by atoms with E-state index < -0.39 is 0 Å². The zero-order valence-corrected chi connectivity index (χ0v) is 12.2. The van der Waals surface area contributed by atoms with Crippen molar-refractivity contribution in [2.45, 2.75) is 45.3 Å². The van der Waals surface area contributed by atoms with Crippen LogP contribution in [0.5, 0.6) is 0 Å². The van der Waals surface area contributed by atoms with Crippen molar-refractivity contribution in [1.29, 1.82) is 0 Å². The summed E-state index contributed by atoms with van der Waals surface area (Å²) >= 11 is 3.57. The van der Waals surface area contributed by atoms with Gasteiger partial charge in [0.1, 0.15) is 0 Å². The van der Waals surface area contributed by atoms with Crippen molar-refractivity contribution >= 4 is 15.9 Å². The molecule has 2 rings (SSSR count). The molecular weight excluding hydrogens is 276 g/mol. The zero-order chi connectivity index (χ0) is 12.3. The summed E-state index contributed by atoms with van der Waals surface area (Å²) in [6.07, 6.45) is 2.72. The van der Waals surface area contributed by atoms with Gasteiger partial charge in [0, 0.05) is 29.6 Å². The molecule has 0 saturated heterocycles. The highest BCUT2D eigenvalue weighted by Crippen LogP contribution is 2.18. The maximum absolute atomic E-state index is 3.57. The molecule has 2 N–H and O–H groups in total. The molecule has 1 aliphatic carbocycles. The fourth-order valence-electron chi connectivity index (χ4n) is 1.74. The molecule has 0 spiro atoms. The first kappa shape index (κ1) is 13.1. The van der Waals surface area contributed by atoms with E-state index in [4.69, 9.17) is 0 Å². The minimum Gasteiger partial charge on any atom is -0.312 e. The molecule has 0 aromatic heterocycles. The van der Waals surface area contributed by atoms with Crippen LogP contribution in [0.2, 0.25) is 0 Å². The van der Waals surface area contributed by atoms with E-state index in [0.717, 1.165) is 19.1 Å². The largest absolute Gasteiger partial charge is 0.312 e. The number of hydrogen-bond acceptors (Lipinski definition) is 2. The molecule has 1 aromatic carbocycles. The van der Waals surface area contributed by atoms with Crippen LogP contribution in [0.3, 0.4) is 0 Å². The van der Waals surface area contributed by atoms with Gasteiger partial charge in [0.05, 0.1) is 0 Å². The molecule has 3 heteroatoms. The normalized spacial score (nSPS) is 17.1. The third kappa shape index (κ3) is 4.41. The van der Waals surface area contributed by atoms with Crippen LogP contribution in [0, 0.1) is 6.92 Å². The lowest BCUT2D eigenvalue weighted by molar-refractivity contribution is 0.500. The van der Waals surface area contributed by atoms with Crippen LogP contribution in [-0.2, 0) is 6.54 Å². The molecule has 17 heavy (non-hydrogen) atoms. The monoisotopic (exact) mass is 296 g/mol. The quantitative estimate of drug-likeness (QED) is 0.843. The first-order chi connectivity index (χ1) is 8.15. The number of aryl methyl sites for hydroxylation is 1. The Balaban J connectivity index is 1.73. The van der Waals surface area contributed by atoms with E-state index in [-0.39, 0.29) is 0 Å². The van der Waals surface area contributed by atoms with Crippen molar-refractivity contribution in [2.24, 2.45) is 0 Å². The Labute approximate surface area is 112 Å². The van der Waals surface area contributed by atoms with Gasteiger partial charge in [-0.3, -0.25) is 0 Å². The lowest BCUT2D eigenvalue weighted by Gasteiger charge is -2.15. The maximum Gasteiger partial charge on any atom is 0.0208 e. The zero-order valence-electron chi connectivity index (χ0n) is 10.6. The maximum atomic E-state index is 3.57. The van der Waals surface area contributed by atoms with Crippen molar-refractivity contribution in [3.8, 4) is 0 Å². The van der Waals surface area contributed by atoms with Gasteiger partial charge in [-0.25, -0.2) is 0 Å². The van der Waals surface area contributed by atoms with Crippen molar-refractivity contribution in [3.63, 3.8) is 0 Å². The summed E-state index contributed by atoms with van der Waals surface area (Å²) in [6, 6.07) is 7.87. The lowest BCUT2D eigenvalue weighted by atomic mass is 10.1. The van der Waals surface area contributed by atoms with Crippen LogP contribution in [0.25, 0.3) is 0 Å². The second-order valence-corrected chi connectivity index (χ2v) is 5.90. The van der Waals surface area contributed by atoms with Gasteiger partial charge in [0.2, 0.25) is 0 Å². The second-order valence-electron chi connectivity index (χ2n) is 5.05. The van der Waals surface area contributed by atoms with Crippen molar-refractivity contribution in [3.05, 3.63) is 33.8 Å². The highest BCUT2D eigenvalue weighted by atomic mass is 79.9. The average Bonchev–Trinajstić information content (AvgIpc) is 3.12. The van der Waals surface area contributed by atoms with Crippen molar-refractivity contribution in [2.75, 3.05) is 6.54 Å². The van der Waals surface area contributed by atoms with Gasteiger partial charge in [-0.05, 0) is 43.9 Å². The Morgan fingerprint density at radius 1 is 1.41 bits per heavy atom. The SMILES string of the molecule is Cc1ccc(CNC(C)CNC2CC2)cc1Br. The van der Waals surface area contributed by atoms with E-state index >= 15 is 0 Å². The molecule has 1 atom stereocenters. The lowest BCUT2D eigenvalue weighted by Crippen LogP contribution is -2.36. The van der Waals surface area contributed by atoms with Gasteiger partial charge in [-0.2, -0.15) is 0 Å². The smallest absolute Gasteiger partial charge is 0.0208 e. The van der Waals surface area contributed by atoms with Gasteiger partial charge < -0.3 is 10.6 Å². The number of rotatable bonds is 6. The molecule has 1 aliphatic rings. The van der Waals surface area contributed by atoms with E-state index in [0.29, 0.717) is 6.04 Å². The number of nitrogens with one attached hydrogen (secondary N) is 2. The molecule has 1 aromatic rings. The van der Waals surface area contributed by atoms with E-state index in [2.05, 4.69) is 58.6 Å². The highest BCUT2D eigenvalue weighted by Gasteiger charge is 2.20. The molecule has 2 nitrogen and oxygen atoms in total. The summed E-state index contributed by atoms with van der Waals surface area (Å²) in [5, 5.41) is 7.09. The van der Waals surface area contributed by atoms with E-state index in [1.807, 2.05) is 0 Å². The molecule has 0 radical (unpaired) electrons. The van der Waals surface area contributed by atoms with E-state index in [1.165, 1.54) is 28.4 Å². The summed E-state index contributed by atoms with van der Waals surface area (Å²) in [5.74, 6) is 0. The van der Waals surface area contributed by atoms with Crippen LogP contribution >= 0.6 is 15.9 Å². The van der Waals surface area contributed by atoms with Crippen LogP contribution in [0.4, 0.5) is 0 Å². The summed E-state index contributed by atoms with van der Waals surface area (Å²) in [4.78, 5) is 0. The molecular formula is C14H21BrN2. The van der Waals surface area contributed by atoms with Gasteiger partial charge in [-0.1, -0.05) is 28.1 Å². The van der Waals surface area contributed by atoms with Crippen LogP contribution in [0.15, 0.2) is 22.7 Å². The fraction of sp³-hybridized carbons (Fsp3) is 0.571. The summed E-state index contributed by atoms with van der Waals surface area (Å²) in [6.45, 7) is 6.35. The molecule has 0 bridgehead atoms. The van der Waals surface area contributed by atoms with Crippen LogP contribution in [-0.4, -0.2) is 18.6 Å². The Morgan fingerprint density at radius 2 is 2.18 bits per heavy atom. The average molecular weight is 297 g/mol. The Morgan fingerprint density at radius 3 is 2.82 bits per heavy atom. The third-order valence-electron chi connectivity index (χ3n) is 3.18. The fourth-order valence-corrected chi connectivity index (χ4v) is 2.17. The van der Waals surface area contributed by atoms with Crippen LogP contribution < -0.4 is 10.6 Å². The molecule has 0 amide bonds. The molecule has 1 unspecified atom stereocenters. The predicted octanol–water partition coefficient (Wildman–Crippen LogP) is 2.99. The van der Waals surface area contributed by atoms with Gasteiger partial charge in [0.15, 0.2) is 0 Å². The van der Waals surface area contributed by atoms with Crippen LogP contribution in [0.1, 0.15) is 30.9 Å². The first-order valence-electron chi connectivity index (χ1n) is 6.37. The standard InChI is InChI=1S/C14H21BrN2/c1-10-3-4-12(7-14(10)15)9-16-11(2)8-17-13-5-6-13/h3-4,7,11,13,16-17H,5-6,8-9H2,1-2H3.